The normalized spacial score (nSPS) is 10.0. The van der Waals surface area contributed by atoms with Crippen molar-refractivity contribution in [2.45, 2.75) is 12.7 Å². The molecule has 72 valence electrons. The van der Waals surface area contributed by atoms with Gasteiger partial charge in [0.2, 0.25) is 4.38 Å². The zero-order valence-electron chi connectivity index (χ0n) is 7.43. The topological polar surface area (TPSA) is 52.8 Å². The highest BCUT2D eigenvalue weighted by Gasteiger charge is 2.04. The van der Waals surface area contributed by atoms with E-state index in [9.17, 15) is 0 Å². The Kier molecular flexibility index (Phi) is 4.10. The van der Waals surface area contributed by atoms with E-state index in [2.05, 4.69) is 15.5 Å². The van der Waals surface area contributed by atoms with E-state index in [1.807, 2.05) is 6.92 Å². The van der Waals surface area contributed by atoms with E-state index >= 15 is 0 Å². The standard InChI is InChI=1S/C6H10N4OS2/c1-3-11-6(12)13-4-5-7-8-9-10(5)2/h3-4H2,1-2H3. The highest BCUT2D eigenvalue weighted by molar-refractivity contribution is 8.22. The van der Waals surface area contributed by atoms with Crippen LogP contribution in [-0.2, 0) is 17.5 Å². The Hall–Kier alpha value is -0.690. The van der Waals surface area contributed by atoms with Crippen LogP contribution in [0.5, 0.6) is 0 Å². The molecule has 0 aliphatic heterocycles. The zero-order chi connectivity index (χ0) is 9.68. The summed E-state index contributed by atoms with van der Waals surface area (Å²) in [5.41, 5.74) is 0. The molecule has 0 saturated heterocycles. The van der Waals surface area contributed by atoms with Crippen LogP contribution in [0.3, 0.4) is 0 Å². The maximum absolute atomic E-state index is 5.10. The Bertz CT molecular complexity index is 288. The molecule has 5 nitrogen and oxygen atoms in total. The van der Waals surface area contributed by atoms with Crippen molar-refractivity contribution in [2.75, 3.05) is 6.61 Å². The molecule has 0 bridgehead atoms. The van der Waals surface area contributed by atoms with Gasteiger partial charge in [-0.05, 0) is 29.6 Å². The van der Waals surface area contributed by atoms with E-state index in [0.717, 1.165) is 5.82 Å². The molecule has 0 amide bonds. The highest BCUT2D eigenvalue weighted by Crippen LogP contribution is 2.11. The molecular formula is C6H10N4OS2. The number of aryl methyl sites for hydroxylation is 1. The first-order valence-corrected chi connectivity index (χ1v) is 5.14. The van der Waals surface area contributed by atoms with Gasteiger partial charge < -0.3 is 4.74 Å². The molecule has 1 rings (SSSR count). The number of thiocarbonyl (C=S) groups is 1. The summed E-state index contributed by atoms with van der Waals surface area (Å²) in [6, 6.07) is 0. The van der Waals surface area contributed by atoms with Crippen LogP contribution in [0, 0.1) is 0 Å². The summed E-state index contributed by atoms with van der Waals surface area (Å²) in [6.07, 6.45) is 0. The molecule has 0 radical (unpaired) electrons. The first kappa shape index (κ1) is 10.4. The van der Waals surface area contributed by atoms with Crippen molar-refractivity contribution in [1.82, 2.24) is 20.2 Å². The molecule has 0 aliphatic carbocycles. The van der Waals surface area contributed by atoms with Gasteiger partial charge in [0.05, 0.1) is 12.4 Å². The van der Waals surface area contributed by atoms with Crippen molar-refractivity contribution in [3.05, 3.63) is 5.82 Å². The lowest BCUT2D eigenvalue weighted by Crippen LogP contribution is -2.01. The summed E-state index contributed by atoms with van der Waals surface area (Å²) in [4.78, 5) is 0. The van der Waals surface area contributed by atoms with Crippen LogP contribution in [0.1, 0.15) is 12.7 Å². The molecule has 0 aliphatic rings. The van der Waals surface area contributed by atoms with Crippen molar-refractivity contribution < 1.29 is 4.74 Å². The average Bonchev–Trinajstić information content (AvgIpc) is 2.48. The maximum Gasteiger partial charge on any atom is 0.220 e. The smallest absolute Gasteiger partial charge is 0.220 e. The Morgan fingerprint density at radius 3 is 3.00 bits per heavy atom. The number of hydrogen-bond donors (Lipinski definition) is 0. The fourth-order valence-electron chi connectivity index (χ4n) is 0.653. The highest BCUT2D eigenvalue weighted by atomic mass is 32.2. The monoisotopic (exact) mass is 218 g/mol. The molecule has 0 N–H and O–H groups in total. The summed E-state index contributed by atoms with van der Waals surface area (Å²) in [7, 11) is 1.79. The molecule has 0 atom stereocenters. The number of aromatic nitrogens is 4. The van der Waals surface area contributed by atoms with E-state index < -0.39 is 0 Å². The summed E-state index contributed by atoms with van der Waals surface area (Å²) in [5.74, 6) is 1.43. The minimum absolute atomic E-state index is 0.533. The van der Waals surface area contributed by atoms with Gasteiger partial charge in [-0.25, -0.2) is 4.68 Å². The van der Waals surface area contributed by atoms with Gasteiger partial charge in [-0.1, -0.05) is 11.8 Å². The van der Waals surface area contributed by atoms with Gasteiger partial charge in [-0.15, -0.1) is 5.10 Å². The number of hydrogen-bond acceptors (Lipinski definition) is 6. The van der Waals surface area contributed by atoms with Crippen LogP contribution >= 0.6 is 24.0 Å². The number of tetrazole rings is 1. The first-order valence-electron chi connectivity index (χ1n) is 3.74. The molecule has 1 aromatic heterocycles. The Balaban J connectivity index is 2.35. The van der Waals surface area contributed by atoms with Crippen molar-refractivity contribution >= 4 is 28.4 Å². The van der Waals surface area contributed by atoms with Gasteiger partial charge in [0.15, 0.2) is 5.82 Å². The van der Waals surface area contributed by atoms with Crippen LogP contribution in [0.15, 0.2) is 0 Å². The molecule has 0 spiro atoms. The zero-order valence-corrected chi connectivity index (χ0v) is 9.06. The first-order chi connectivity index (χ1) is 6.24. The molecule has 0 unspecified atom stereocenters. The minimum Gasteiger partial charge on any atom is -0.479 e. The van der Waals surface area contributed by atoms with Gasteiger partial charge in [0.1, 0.15) is 0 Å². The lowest BCUT2D eigenvalue weighted by atomic mass is 10.7. The van der Waals surface area contributed by atoms with Crippen molar-refractivity contribution in [3.63, 3.8) is 0 Å². The second kappa shape index (κ2) is 5.13. The lowest BCUT2D eigenvalue weighted by molar-refractivity contribution is 0.346. The predicted octanol–water partition coefficient (Wildman–Crippen LogP) is 0.765. The maximum atomic E-state index is 5.10. The Morgan fingerprint density at radius 1 is 1.69 bits per heavy atom. The van der Waals surface area contributed by atoms with Crippen LogP contribution in [0.4, 0.5) is 0 Å². The largest absolute Gasteiger partial charge is 0.479 e. The average molecular weight is 218 g/mol. The lowest BCUT2D eigenvalue weighted by Gasteiger charge is -2.02. The van der Waals surface area contributed by atoms with Gasteiger partial charge in [0.25, 0.3) is 0 Å². The van der Waals surface area contributed by atoms with Crippen LogP contribution < -0.4 is 0 Å². The van der Waals surface area contributed by atoms with Crippen LogP contribution in [0.25, 0.3) is 0 Å². The SMILES string of the molecule is CCOC(=S)SCc1nnnn1C. The van der Waals surface area contributed by atoms with E-state index in [-0.39, 0.29) is 0 Å². The van der Waals surface area contributed by atoms with Gasteiger partial charge in [0, 0.05) is 7.05 Å². The third kappa shape index (κ3) is 3.27. The fraction of sp³-hybridized carbons (Fsp3) is 0.667. The van der Waals surface area contributed by atoms with E-state index in [4.69, 9.17) is 17.0 Å². The van der Waals surface area contributed by atoms with Gasteiger partial charge in [-0.2, -0.15) is 0 Å². The molecule has 0 saturated carbocycles. The van der Waals surface area contributed by atoms with E-state index in [1.165, 1.54) is 11.8 Å². The van der Waals surface area contributed by atoms with Crippen LogP contribution in [-0.4, -0.2) is 31.2 Å². The Labute approximate surface area is 85.8 Å². The second-order valence-electron chi connectivity index (χ2n) is 2.19. The predicted molar refractivity (Wildman–Crippen MR) is 54.3 cm³/mol. The fourth-order valence-corrected chi connectivity index (χ4v) is 1.64. The molecule has 7 heteroatoms. The molecular weight excluding hydrogens is 208 g/mol. The molecule has 1 heterocycles. The number of rotatable bonds is 3. The molecule has 0 fully saturated rings. The summed E-state index contributed by atoms with van der Waals surface area (Å²) in [5, 5.41) is 11.0. The van der Waals surface area contributed by atoms with Crippen molar-refractivity contribution in [3.8, 4) is 0 Å². The third-order valence-electron chi connectivity index (χ3n) is 1.29. The van der Waals surface area contributed by atoms with Gasteiger partial charge >= 0.3 is 0 Å². The summed E-state index contributed by atoms with van der Waals surface area (Å²) < 4.78 is 7.24. The summed E-state index contributed by atoms with van der Waals surface area (Å²) in [6.45, 7) is 2.50. The third-order valence-corrected chi connectivity index (χ3v) is 2.52. The van der Waals surface area contributed by atoms with E-state index in [0.29, 0.717) is 16.7 Å². The number of ether oxygens (including phenoxy) is 1. The second-order valence-corrected chi connectivity index (χ2v) is 3.77. The summed E-state index contributed by atoms with van der Waals surface area (Å²) >= 11 is 6.35. The van der Waals surface area contributed by atoms with E-state index in [1.54, 1.807) is 11.7 Å². The van der Waals surface area contributed by atoms with Crippen molar-refractivity contribution in [1.29, 1.82) is 0 Å². The van der Waals surface area contributed by atoms with Crippen molar-refractivity contribution in [2.24, 2.45) is 7.05 Å². The molecule has 1 aromatic rings. The molecule has 0 aromatic carbocycles. The Morgan fingerprint density at radius 2 is 2.46 bits per heavy atom. The molecule has 13 heavy (non-hydrogen) atoms. The number of nitrogens with zero attached hydrogens (tertiary/aromatic N) is 4. The van der Waals surface area contributed by atoms with Crippen LogP contribution in [0.2, 0.25) is 0 Å². The minimum atomic E-state index is 0.533. The van der Waals surface area contributed by atoms with Gasteiger partial charge in [-0.3, -0.25) is 0 Å². The number of thioether (sulfide) groups is 1. The quantitative estimate of drug-likeness (QED) is 0.698.